The summed E-state index contributed by atoms with van der Waals surface area (Å²) in [5, 5.41) is 15.4. The molecule has 0 unspecified atom stereocenters. The number of thiophene rings is 2. The summed E-state index contributed by atoms with van der Waals surface area (Å²) in [7, 11) is 0. The zero-order chi connectivity index (χ0) is 22.7. The lowest BCUT2D eigenvalue weighted by atomic mass is 9.83. The number of rotatable bonds is 9. The average Bonchev–Trinajstić information content (AvgIpc) is 3.58. The largest absolute Gasteiger partial charge is 0.453 e. The van der Waals surface area contributed by atoms with Crippen LogP contribution in [0.3, 0.4) is 0 Å². The summed E-state index contributed by atoms with van der Waals surface area (Å²) in [6.45, 7) is 4.35. The fraction of sp³-hybridized carbons (Fsp3) is 0.423. The van der Waals surface area contributed by atoms with Gasteiger partial charge in [-0.1, -0.05) is 30.3 Å². The molecule has 5 heterocycles. The molecule has 3 aromatic rings. The number of quaternary nitrogens is 1. The molecule has 7 heteroatoms. The third-order valence-electron chi connectivity index (χ3n) is 7.14. The fourth-order valence-electron chi connectivity index (χ4n) is 5.29. The number of carbonyl (C=O) groups excluding carboxylic acids is 1. The van der Waals surface area contributed by atoms with E-state index in [4.69, 9.17) is 4.74 Å². The van der Waals surface area contributed by atoms with Gasteiger partial charge in [-0.15, -0.1) is 34.4 Å². The Hall–Kier alpha value is -1.64. The zero-order valence-electron chi connectivity index (χ0n) is 18.6. The topological polar surface area (TPSA) is 46.5 Å². The number of aliphatic hydroxyl groups is 1. The van der Waals surface area contributed by atoms with Crippen molar-refractivity contribution in [3.8, 4) is 0 Å². The number of carbonyl (C=O) groups is 1. The molecule has 1 N–H and O–H groups in total. The maximum atomic E-state index is 13.5. The lowest BCUT2D eigenvalue weighted by molar-refractivity contribution is -0.946. The van der Waals surface area contributed by atoms with Gasteiger partial charge in [0.15, 0.2) is 6.10 Å². The van der Waals surface area contributed by atoms with E-state index in [1.54, 1.807) is 0 Å². The van der Waals surface area contributed by atoms with Crippen LogP contribution in [0.4, 0.5) is 0 Å². The monoisotopic (exact) mass is 500 g/mol. The van der Waals surface area contributed by atoms with Crippen LogP contribution in [0.25, 0.3) is 0 Å². The Morgan fingerprint density at radius 3 is 2.30 bits per heavy atom. The Morgan fingerprint density at radius 1 is 1.03 bits per heavy atom. The Bertz CT molecular complexity index is 994. The second-order valence-corrected chi connectivity index (χ2v) is 12.2. The molecule has 1 atom stereocenters. The summed E-state index contributed by atoms with van der Waals surface area (Å²) in [5.41, 5.74) is -1.72. The van der Waals surface area contributed by atoms with Crippen molar-refractivity contribution >= 4 is 40.4 Å². The van der Waals surface area contributed by atoms with Crippen LogP contribution in [-0.4, -0.2) is 53.6 Å². The van der Waals surface area contributed by atoms with Crippen LogP contribution in [0.5, 0.6) is 0 Å². The van der Waals surface area contributed by atoms with E-state index < -0.39 is 11.6 Å². The van der Waals surface area contributed by atoms with E-state index >= 15 is 0 Å². The maximum absolute atomic E-state index is 13.5. The highest BCUT2D eigenvalue weighted by molar-refractivity contribution is 7.99. The molecule has 3 aliphatic rings. The summed E-state index contributed by atoms with van der Waals surface area (Å²) in [5.74, 6) is 0.988. The normalized spacial score (nSPS) is 24.6. The first-order valence-corrected chi connectivity index (χ1v) is 14.4. The molecule has 0 saturated carbocycles. The second-order valence-electron chi connectivity index (χ2n) is 9.16. The molecule has 0 spiro atoms. The summed E-state index contributed by atoms with van der Waals surface area (Å²) < 4.78 is 7.18. The van der Waals surface area contributed by atoms with E-state index in [1.165, 1.54) is 40.7 Å². The van der Waals surface area contributed by atoms with E-state index in [0.717, 1.165) is 42.6 Å². The number of fused-ring (bicyclic) bond motifs is 3. The number of piperidine rings is 3. The number of thioether (sulfide) groups is 1. The van der Waals surface area contributed by atoms with Gasteiger partial charge in [-0.3, -0.25) is 0 Å². The zero-order valence-corrected chi connectivity index (χ0v) is 21.0. The summed E-state index contributed by atoms with van der Waals surface area (Å²) in [6, 6.07) is 17.9. The van der Waals surface area contributed by atoms with Crippen LogP contribution in [0.1, 0.15) is 29.0 Å². The van der Waals surface area contributed by atoms with Gasteiger partial charge in [0.05, 0.1) is 29.4 Å². The van der Waals surface area contributed by atoms with E-state index in [9.17, 15) is 9.90 Å². The molecule has 3 fully saturated rings. The predicted octanol–water partition coefficient (Wildman–Crippen LogP) is 5.38. The van der Waals surface area contributed by atoms with Crippen molar-refractivity contribution in [2.24, 2.45) is 5.92 Å². The first-order valence-electron chi connectivity index (χ1n) is 11.6. The average molecular weight is 501 g/mol. The number of benzene rings is 1. The minimum atomic E-state index is -1.72. The molecule has 33 heavy (non-hydrogen) atoms. The molecular weight excluding hydrogens is 470 g/mol. The highest BCUT2D eigenvalue weighted by Gasteiger charge is 2.51. The van der Waals surface area contributed by atoms with Crippen LogP contribution in [-0.2, 0) is 15.1 Å². The summed E-state index contributed by atoms with van der Waals surface area (Å²) in [4.78, 5) is 16.0. The van der Waals surface area contributed by atoms with E-state index in [-0.39, 0.29) is 6.10 Å². The fourth-order valence-corrected chi connectivity index (χ4v) is 7.86. The Labute approximate surface area is 207 Å². The van der Waals surface area contributed by atoms with Gasteiger partial charge in [0.1, 0.15) is 6.54 Å². The van der Waals surface area contributed by atoms with Gasteiger partial charge >= 0.3 is 5.97 Å². The molecule has 0 amide bonds. The number of esters is 1. The third-order valence-corrected chi connectivity index (χ3v) is 10.2. The first-order chi connectivity index (χ1) is 16.1. The van der Waals surface area contributed by atoms with Crippen molar-refractivity contribution in [2.45, 2.75) is 35.9 Å². The van der Waals surface area contributed by atoms with E-state index in [1.807, 2.05) is 46.8 Å². The molecule has 1 aromatic carbocycles. The Morgan fingerprint density at radius 2 is 1.70 bits per heavy atom. The summed E-state index contributed by atoms with van der Waals surface area (Å²) in [6.07, 6.45) is 3.23. The van der Waals surface area contributed by atoms with E-state index in [0.29, 0.717) is 15.7 Å². The maximum Gasteiger partial charge on any atom is 0.349 e. The molecule has 4 nitrogen and oxygen atoms in total. The minimum absolute atomic E-state index is 0.117. The van der Waals surface area contributed by atoms with Gasteiger partial charge in [0, 0.05) is 35.8 Å². The van der Waals surface area contributed by atoms with Gasteiger partial charge in [0.25, 0.3) is 0 Å². The number of hydrogen-bond donors (Lipinski definition) is 1. The molecule has 3 saturated heterocycles. The lowest BCUT2D eigenvalue weighted by Gasteiger charge is -2.52. The Kier molecular flexibility index (Phi) is 6.95. The van der Waals surface area contributed by atoms with Gasteiger partial charge in [-0.25, -0.2) is 4.79 Å². The molecule has 6 rings (SSSR count). The van der Waals surface area contributed by atoms with Crippen molar-refractivity contribution in [3.63, 3.8) is 0 Å². The molecule has 2 bridgehead atoms. The van der Waals surface area contributed by atoms with Crippen molar-refractivity contribution in [2.75, 3.05) is 31.9 Å². The van der Waals surface area contributed by atoms with Crippen LogP contribution in [0, 0.1) is 5.92 Å². The summed E-state index contributed by atoms with van der Waals surface area (Å²) >= 11 is 4.71. The molecule has 2 aromatic heterocycles. The van der Waals surface area contributed by atoms with Crippen LogP contribution < -0.4 is 0 Å². The number of nitrogens with zero attached hydrogens (tertiary/aromatic N) is 1. The second kappa shape index (κ2) is 9.92. The van der Waals surface area contributed by atoms with Crippen molar-refractivity contribution in [3.05, 3.63) is 75.1 Å². The Balaban J connectivity index is 1.24. The molecule has 0 radical (unpaired) electrons. The van der Waals surface area contributed by atoms with Crippen LogP contribution in [0.15, 0.2) is 70.3 Å². The van der Waals surface area contributed by atoms with Crippen molar-refractivity contribution < 1.29 is 19.1 Å². The SMILES string of the molecule is O=C(O[C@H]1C[N+]2(CCCSc3ccccc3)CCC1CC2)C(O)(c1cccs1)c1cccs1. The van der Waals surface area contributed by atoms with Gasteiger partial charge in [0.2, 0.25) is 5.60 Å². The van der Waals surface area contributed by atoms with Crippen LogP contribution in [0.2, 0.25) is 0 Å². The molecule has 0 aliphatic carbocycles. The third kappa shape index (κ3) is 4.80. The molecular formula is C26H30NO3S3+. The predicted molar refractivity (Wildman–Crippen MR) is 136 cm³/mol. The van der Waals surface area contributed by atoms with Crippen molar-refractivity contribution in [1.82, 2.24) is 0 Å². The standard InChI is InChI=1S/C26H30NO3S3/c28-25(26(29,23-9-4-16-32-23)24-10-5-17-33-24)30-22-19-27(14-11-20(22)12-15-27)13-6-18-31-21-7-2-1-3-8-21/h1-5,7-10,16-17,20,22,29H,6,11-15,18-19H2/q+1/t20?,22-,27?/m0/s1. The first kappa shape index (κ1) is 23.1. The van der Waals surface area contributed by atoms with Gasteiger partial charge < -0.3 is 14.3 Å². The molecule has 174 valence electrons. The van der Waals surface area contributed by atoms with Crippen molar-refractivity contribution in [1.29, 1.82) is 0 Å². The highest BCUT2D eigenvalue weighted by atomic mass is 32.2. The quantitative estimate of drug-likeness (QED) is 0.185. The van der Waals surface area contributed by atoms with Gasteiger partial charge in [-0.2, -0.15) is 0 Å². The molecule has 3 aliphatic heterocycles. The highest BCUT2D eigenvalue weighted by Crippen LogP contribution is 2.40. The number of hydrogen-bond acceptors (Lipinski definition) is 6. The van der Waals surface area contributed by atoms with Crippen LogP contribution >= 0.6 is 34.4 Å². The minimum Gasteiger partial charge on any atom is -0.453 e. The lowest BCUT2D eigenvalue weighted by Crippen LogP contribution is -2.65. The van der Waals surface area contributed by atoms with E-state index in [2.05, 4.69) is 30.3 Å². The van der Waals surface area contributed by atoms with Gasteiger partial charge in [-0.05, 0) is 35.0 Å². The number of ether oxygens (including phenoxy) is 1. The smallest absolute Gasteiger partial charge is 0.349 e.